The van der Waals surface area contributed by atoms with E-state index in [0.29, 0.717) is 0 Å². The Balaban J connectivity index is 2.96. The molecule has 15 heavy (non-hydrogen) atoms. The zero-order valence-electron chi connectivity index (χ0n) is 8.61. The predicted molar refractivity (Wildman–Crippen MR) is 61.3 cm³/mol. The summed E-state index contributed by atoms with van der Waals surface area (Å²) in [6.07, 6.45) is 0. The van der Waals surface area contributed by atoms with Crippen molar-refractivity contribution in [3.63, 3.8) is 0 Å². The largest absolute Gasteiger partial charge is 0.275 e. The zero-order valence-corrected chi connectivity index (χ0v) is 10.2. The van der Waals surface area contributed by atoms with Gasteiger partial charge in [0.1, 0.15) is 4.95 Å². The Kier molecular flexibility index (Phi) is 4.03. The van der Waals surface area contributed by atoms with E-state index in [1.165, 1.54) is 18.7 Å². The van der Waals surface area contributed by atoms with Crippen molar-refractivity contribution in [3.05, 3.63) is 35.9 Å². The van der Waals surface area contributed by atoms with Crippen LogP contribution in [0.2, 0.25) is 0 Å². The van der Waals surface area contributed by atoms with Gasteiger partial charge in [-0.1, -0.05) is 46.3 Å². The van der Waals surface area contributed by atoms with Crippen LogP contribution in [0.5, 0.6) is 0 Å². The number of alkyl halides is 1. The standard InChI is InChI=1S/C11H12BrNO2/c1-8(14)13(9(2)15)11(12)10-6-4-3-5-7-10/h3-7,11H,1-2H3. The van der Waals surface area contributed by atoms with Gasteiger partial charge in [0.15, 0.2) is 0 Å². The lowest BCUT2D eigenvalue weighted by Crippen LogP contribution is -2.34. The number of imide groups is 1. The van der Waals surface area contributed by atoms with Crippen LogP contribution in [0.4, 0.5) is 0 Å². The minimum Gasteiger partial charge on any atom is -0.275 e. The van der Waals surface area contributed by atoms with Gasteiger partial charge in [-0.05, 0) is 5.56 Å². The van der Waals surface area contributed by atoms with Crippen LogP contribution >= 0.6 is 15.9 Å². The van der Waals surface area contributed by atoms with Gasteiger partial charge in [0.05, 0.1) is 0 Å². The molecule has 0 radical (unpaired) electrons. The summed E-state index contributed by atoms with van der Waals surface area (Å²) in [5, 5.41) is 0. The minimum atomic E-state index is -0.395. The molecule has 0 heterocycles. The summed E-state index contributed by atoms with van der Waals surface area (Å²) in [5.41, 5.74) is 0.878. The molecule has 0 N–H and O–H groups in total. The molecule has 1 unspecified atom stereocenters. The lowest BCUT2D eigenvalue weighted by atomic mass is 10.2. The van der Waals surface area contributed by atoms with Crippen LogP contribution in [0.15, 0.2) is 30.3 Å². The number of amides is 2. The number of carbonyl (C=O) groups is 2. The van der Waals surface area contributed by atoms with Gasteiger partial charge in [0, 0.05) is 13.8 Å². The fraction of sp³-hybridized carbons (Fsp3) is 0.273. The highest BCUT2D eigenvalue weighted by atomic mass is 79.9. The van der Waals surface area contributed by atoms with Crippen molar-refractivity contribution in [1.29, 1.82) is 0 Å². The average Bonchev–Trinajstić information content (AvgIpc) is 2.18. The van der Waals surface area contributed by atoms with Gasteiger partial charge in [0.25, 0.3) is 0 Å². The number of carbonyl (C=O) groups excluding carboxylic acids is 2. The van der Waals surface area contributed by atoms with Crippen LogP contribution in [0.25, 0.3) is 0 Å². The molecular weight excluding hydrogens is 258 g/mol. The molecule has 0 spiro atoms. The smallest absolute Gasteiger partial charge is 0.227 e. The second-order valence-electron chi connectivity index (χ2n) is 3.15. The molecule has 1 aromatic rings. The predicted octanol–water partition coefficient (Wildman–Crippen LogP) is 2.48. The average molecular weight is 270 g/mol. The van der Waals surface area contributed by atoms with Gasteiger partial charge in [0.2, 0.25) is 11.8 Å². The maximum atomic E-state index is 11.3. The van der Waals surface area contributed by atoms with E-state index in [1.54, 1.807) is 0 Å². The number of rotatable bonds is 2. The molecule has 0 aliphatic carbocycles. The van der Waals surface area contributed by atoms with E-state index >= 15 is 0 Å². The maximum absolute atomic E-state index is 11.3. The van der Waals surface area contributed by atoms with E-state index < -0.39 is 4.95 Å². The molecule has 0 saturated heterocycles. The summed E-state index contributed by atoms with van der Waals surface area (Å²) in [6, 6.07) is 9.33. The molecule has 1 aromatic carbocycles. The summed E-state index contributed by atoms with van der Waals surface area (Å²) in [4.78, 5) is 23.3. The van der Waals surface area contributed by atoms with E-state index in [1.807, 2.05) is 30.3 Å². The van der Waals surface area contributed by atoms with Crippen molar-refractivity contribution in [2.45, 2.75) is 18.8 Å². The van der Waals surface area contributed by atoms with Gasteiger partial charge in [-0.25, -0.2) is 0 Å². The van der Waals surface area contributed by atoms with Crippen molar-refractivity contribution >= 4 is 27.7 Å². The van der Waals surface area contributed by atoms with E-state index in [-0.39, 0.29) is 11.8 Å². The van der Waals surface area contributed by atoms with Crippen molar-refractivity contribution in [3.8, 4) is 0 Å². The zero-order chi connectivity index (χ0) is 11.4. The molecule has 1 atom stereocenters. The molecule has 3 nitrogen and oxygen atoms in total. The molecule has 0 aliphatic rings. The molecule has 0 aliphatic heterocycles. The third kappa shape index (κ3) is 2.89. The van der Waals surface area contributed by atoms with Crippen molar-refractivity contribution in [2.24, 2.45) is 0 Å². The molecule has 1 rings (SSSR count). The summed E-state index contributed by atoms with van der Waals surface area (Å²) < 4.78 is 0. The van der Waals surface area contributed by atoms with Crippen LogP contribution < -0.4 is 0 Å². The molecule has 2 amide bonds. The summed E-state index contributed by atoms with van der Waals surface area (Å²) in [6.45, 7) is 2.75. The van der Waals surface area contributed by atoms with E-state index in [2.05, 4.69) is 15.9 Å². The number of hydrogen-bond acceptors (Lipinski definition) is 2. The normalized spacial score (nSPS) is 11.9. The van der Waals surface area contributed by atoms with Gasteiger partial charge < -0.3 is 0 Å². The molecule has 4 heteroatoms. The minimum absolute atomic E-state index is 0.270. The number of hydrogen-bond donors (Lipinski definition) is 0. The van der Waals surface area contributed by atoms with Crippen LogP contribution in [0, 0.1) is 0 Å². The van der Waals surface area contributed by atoms with Crippen LogP contribution in [-0.2, 0) is 9.59 Å². The Hall–Kier alpha value is -1.16. The fourth-order valence-corrected chi connectivity index (χ4v) is 2.18. The third-order valence-corrected chi connectivity index (χ3v) is 2.92. The highest BCUT2D eigenvalue weighted by Gasteiger charge is 2.23. The Labute approximate surface area is 97.2 Å². The van der Waals surface area contributed by atoms with Crippen LogP contribution in [0.1, 0.15) is 24.4 Å². The van der Waals surface area contributed by atoms with Crippen LogP contribution in [-0.4, -0.2) is 16.7 Å². The van der Waals surface area contributed by atoms with E-state index in [0.717, 1.165) is 5.56 Å². The Morgan fingerprint density at radius 2 is 1.60 bits per heavy atom. The fourth-order valence-electron chi connectivity index (χ4n) is 1.30. The third-order valence-electron chi connectivity index (χ3n) is 1.98. The SMILES string of the molecule is CC(=O)N(C(C)=O)C(Br)c1ccccc1. The number of nitrogens with zero attached hydrogens (tertiary/aromatic N) is 1. The lowest BCUT2D eigenvalue weighted by molar-refractivity contribution is -0.142. The van der Waals surface area contributed by atoms with Crippen molar-refractivity contribution < 1.29 is 9.59 Å². The van der Waals surface area contributed by atoms with Crippen LogP contribution in [0.3, 0.4) is 0 Å². The first-order valence-electron chi connectivity index (χ1n) is 4.53. The van der Waals surface area contributed by atoms with Gasteiger partial charge in [-0.2, -0.15) is 0 Å². The highest BCUT2D eigenvalue weighted by Crippen LogP contribution is 2.26. The Bertz CT molecular complexity index is 350. The number of halogens is 1. The Morgan fingerprint density at radius 3 is 2.00 bits per heavy atom. The first-order valence-corrected chi connectivity index (χ1v) is 5.45. The second-order valence-corrected chi connectivity index (χ2v) is 4.02. The second kappa shape index (κ2) is 5.07. The molecule has 0 saturated carbocycles. The highest BCUT2D eigenvalue weighted by molar-refractivity contribution is 9.09. The molecular formula is C11H12BrNO2. The van der Waals surface area contributed by atoms with E-state index in [4.69, 9.17) is 0 Å². The van der Waals surface area contributed by atoms with Gasteiger partial charge >= 0.3 is 0 Å². The summed E-state index contributed by atoms with van der Waals surface area (Å²) >= 11 is 3.34. The quantitative estimate of drug-likeness (QED) is 0.611. The first-order chi connectivity index (χ1) is 7.04. The monoisotopic (exact) mass is 269 g/mol. The van der Waals surface area contributed by atoms with Crippen molar-refractivity contribution in [2.75, 3.05) is 0 Å². The molecule has 0 aromatic heterocycles. The molecule has 0 bridgehead atoms. The van der Waals surface area contributed by atoms with Crippen molar-refractivity contribution in [1.82, 2.24) is 4.90 Å². The Morgan fingerprint density at radius 1 is 1.13 bits per heavy atom. The van der Waals surface area contributed by atoms with E-state index in [9.17, 15) is 9.59 Å². The molecule has 80 valence electrons. The molecule has 0 fully saturated rings. The maximum Gasteiger partial charge on any atom is 0.227 e. The summed E-state index contributed by atoms with van der Waals surface area (Å²) in [5.74, 6) is -0.540. The topological polar surface area (TPSA) is 37.4 Å². The number of benzene rings is 1. The lowest BCUT2D eigenvalue weighted by Gasteiger charge is -2.23. The summed E-state index contributed by atoms with van der Waals surface area (Å²) in [7, 11) is 0. The van der Waals surface area contributed by atoms with Gasteiger partial charge in [-0.3, -0.25) is 14.5 Å². The first kappa shape index (κ1) is 11.9. The van der Waals surface area contributed by atoms with Gasteiger partial charge in [-0.15, -0.1) is 0 Å².